The van der Waals surface area contributed by atoms with Crippen molar-refractivity contribution >= 4 is 11.9 Å². The van der Waals surface area contributed by atoms with Gasteiger partial charge in [0.05, 0.1) is 0 Å². The molecule has 0 heterocycles. The molecule has 0 spiro atoms. The van der Waals surface area contributed by atoms with E-state index in [4.69, 9.17) is 9.84 Å². The lowest BCUT2D eigenvalue weighted by Gasteiger charge is -2.38. The molecular weight excluding hydrogens is 258 g/mol. The number of hydrogen-bond donors (Lipinski definition) is 2. The van der Waals surface area contributed by atoms with E-state index >= 15 is 0 Å². The van der Waals surface area contributed by atoms with E-state index in [1.165, 1.54) is 6.42 Å². The molecular formula is C15H19NO4. The first-order chi connectivity index (χ1) is 9.48. The van der Waals surface area contributed by atoms with Crippen LogP contribution in [0.4, 0.5) is 0 Å². The minimum Gasteiger partial charge on any atom is -0.482 e. The summed E-state index contributed by atoms with van der Waals surface area (Å²) in [5.41, 5.74) is 0.711. The molecule has 5 heteroatoms. The highest BCUT2D eigenvalue weighted by atomic mass is 16.5. The first kappa shape index (κ1) is 14.4. The number of amides is 1. The van der Waals surface area contributed by atoms with Crippen molar-refractivity contribution in [1.29, 1.82) is 0 Å². The topological polar surface area (TPSA) is 75.6 Å². The quantitative estimate of drug-likeness (QED) is 0.834. The van der Waals surface area contributed by atoms with E-state index in [1.54, 1.807) is 24.3 Å². The number of benzene rings is 1. The van der Waals surface area contributed by atoms with E-state index in [1.807, 2.05) is 0 Å². The minimum absolute atomic E-state index is 0.154. The molecule has 1 amide bonds. The van der Waals surface area contributed by atoms with Crippen molar-refractivity contribution in [1.82, 2.24) is 5.32 Å². The molecule has 0 aliphatic heterocycles. The van der Waals surface area contributed by atoms with Crippen molar-refractivity contribution in [2.24, 2.45) is 5.41 Å². The summed E-state index contributed by atoms with van der Waals surface area (Å²) in [6.07, 6.45) is 3.52. The maximum Gasteiger partial charge on any atom is 0.341 e. The third-order valence-electron chi connectivity index (χ3n) is 3.69. The highest BCUT2D eigenvalue weighted by Crippen LogP contribution is 2.39. The summed E-state index contributed by atoms with van der Waals surface area (Å²) in [6, 6.07) is 6.55. The molecule has 0 radical (unpaired) electrons. The van der Waals surface area contributed by atoms with Gasteiger partial charge in [-0.15, -0.1) is 0 Å². The maximum atomic E-state index is 12.0. The van der Waals surface area contributed by atoms with Gasteiger partial charge in [-0.25, -0.2) is 4.79 Å². The number of ether oxygens (including phenoxy) is 1. The summed E-state index contributed by atoms with van der Waals surface area (Å²) in [5.74, 6) is -0.813. The number of carboxylic acids is 1. The van der Waals surface area contributed by atoms with Gasteiger partial charge < -0.3 is 15.2 Å². The van der Waals surface area contributed by atoms with Gasteiger partial charge in [-0.1, -0.05) is 19.4 Å². The molecule has 2 rings (SSSR count). The smallest absolute Gasteiger partial charge is 0.341 e. The Hall–Kier alpha value is -2.04. The Morgan fingerprint density at radius 2 is 2.15 bits per heavy atom. The molecule has 1 aromatic rings. The molecule has 0 saturated heterocycles. The summed E-state index contributed by atoms with van der Waals surface area (Å²) in [4.78, 5) is 22.5. The second-order valence-corrected chi connectivity index (χ2v) is 5.56. The number of aliphatic carboxylic acids is 1. The predicted molar refractivity (Wildman–Crippen MR) is 73.9 cm³/mol. The van der Waals surface area contributed by atoms with Crippen molar-refractivity contribution in [3.8, 4) is 5.75 Å². The average Bonchev–Trinajstić information content (AvgIpc) is 2.40. The summed E-state index contributed by atoms with van der Waals surface area (Å²) < 4.78 is 5.06. The van der Waals surface area contributed by atoms with E-state index in [-0.39, 0.29) is 11.3 Å². The lowest BCUT2D eigenvalue weighted by molar-refractivity contribution is -0.139. The molecule has 1 fully saturated rings. The van der Waals surface area contributed by atoms with Crippen molar-refractivity contribution < 1.29 is 19.4 Å². The summed E-state index contributed by atoms with van der Waals surface area (Å²) in [5, 5.41) is 11.5. The van der Waals surface area contributed by atoms with Crippen LogP contribution in [0.3, 0.4) is 0 Å². The SMILES string of the molecule is CC1(CNC(=O)c2cccc(OCC(=O)O)c2)CCC1. The number of hydrogen-bond acceptors (Lipinski definition) is 3. The third-order valence-corrected chi connectivity index (χ3v) is 3.69. The van der Waals surface area contributed by atoms with Gasteiger partial charge in [0.2, 0.25) is 0 Å². The van der Waals surface area contributed by atoms with E-state index < -0.39 is 12.6 Å². The van der Waals surface area contributed by atoms with Crippen LogP contribution in [-0.2, 0) is 4.79 Å². The van der Waals surface area contributed by atoms with Gasteiger partial charge in [0, 0.05) is 12.1 Å². The molecule has 0 atom stereocenters. The Kier molecular flexibility index (Phi) is 4.27. The molecule has 108 valence electrons. The fourth-order valence-electron chi connectivity index (χ4n) is 2.23. The number of carbonyl (C=O) groups is 2. The number of carboxylic acid groups (broad SMARTS) is 1. The van der Waals surface area contributed by atoms with E-state index in [9.17, 15) is 9.59 Å². The average molecular weight is 277 g/mol. The predicted octanol–water partition coefficient (Wildman–Crippen LogP) is 2.07. The molecule has 1 saturated carbocycles. The van der Waals surface area contributed by atoms with Gasteiger partial charge in [-0.3, -0.25) is 4.79 Å². The van der Waals surface area contributed by atoms with Crippen LogP contribution in [0.5, 0.6) is 5.75 Å². The molecule has 1 aliphatic rings. The molecule has 5 nitrogen and oxygen atoms in total. The molecule has 0 unspecified atom stereocenters. The zero-order valence-corrected chi connectivity index (χ0v) is 11.5. The van der Waals surface area contributed by atoms with Crippen molar-refractivity contribution in [2.45, 2.75) is 26.2 Å². The van der Waals surface area contributed by atoms with Gasteiger partial charge in [0.15, 0.2) is 6.61 Å². The van der Waals surface area contributed by atoms with Gasteiger partial charge in [0.25, 0.3) is 5.91 Å². The zero-order chi connectivity index (χ0) is 14.6. The van der Waals surface area contributed by atoms with Gasteiger partial charge in [-0.2, -0.15) is 0 Å². The monoisotopic (exact) mass is 277 g/mol. The third kappa shape index (κ3) is 3.73. The first-order valence-electron chi connectivity index (χ1n) is 6.71. The van der Waals surface area contributed by atoms with Crippen LogP contribution < -0.4 is 10.1 Å². The number of nitrogens with one attached hydrogen (secondary N) is 1. The summed E-state index contributed by atoms with van der Waals surface area (Å²) >= 11 is 0. The van der Waals surface area contributed by atoms with Crippen LogP contribution >= 0.6 is 0 Å². The Morgan fingerprint density at radius 3 is 2.75 bits per heavy atom. The largest absolute Gasteiger partial charge is 0.482 e. The fourth-order valence-corrected chi connectivity index (χ4v) is 2.23. The van der Waals surface area contributed by atoms with Crippen molar-refractivity contribution in [2.75, 3.05) is 13.2 Å². The van der Waals surface area contributed by atoms with E-state index in [2.05, 4.69) is 12.2 Å². The minimum atomic E-state index is -1.04. The zero-order valence-electron chi connectivity index (χ0n) is 11.5. The van der Waals surface area contributed by atoms with Gasteiger partial charge in [-0.05, 0) is 36.5 Å². The van der Waals surface area contributed by atoms with E-state index in [0.717, 1.165) is 12.8 Å². The fraction of sp³-hybridized carbons (Fsp3) is 0.467. The normalized spacial score (nSPS) is 16.1. The van der Waals surface area contributed by atoms with Crippen molar-refractivity contribution in [3.05, 3.63) is 29.8 Å². The summed E-state index contributed by atoms with van der Waals surface area (Å²) in [6.45, 7) is 2.43. The molecule has 0 bridgehead atoms. The maximum absolute atomic E-state index is 12.0. The second kappa shape index (κ2) is 5.94. The standard InChI is InChI=1S/C15H19NO4/c1-15(6-3-7-15)10-16-14(19)11-4-2-5-12(8-11)20-9-13(17)18/h2,4-5,8H,3,6-7,9-10H2,1H3,(H,16,19)(H,17,18). The van der Waals surface area contributed by atoms with Crippen LogP contribution in [0, 0.1) is 5.41 Å². The second-order valence-electron chi connectivity index (χ2n) is 5.56. The van der Waals surface area contributed by atoms with Gasteiger partial charge >= 0.3 is 5.97 Å². The van der Waals surface area contributed by atoms with Gasteiger partial charge in [0.1, 0.15) is 5.75 Å². The highest BCUT2D eigenvalue weighted by Gasteiger charge is 2.31. The Balaban J connectivity index is 1.91. The highest BCUT2D eigenvalue weighted by molar-refractivity contribution is 5.94. The molecule has 1 aromatic carbocycles. The van der Waals surface area contributed by atoms with Crippen LogP contribution in [0.25, 0.3) is 0 Å². The Labute approximate surface area is 117 Å². The summed E-state index contributed by atoms with van der Waals surface area (Å²) in [7, 11) is 0. The van der Waals surface area contributed by atoms with E-state index in [0.29, 0.717) is 17.9 Å². The lowest BCUT2D eigenvalue weighted by Crippen LogP contribution is -2.39. The van der Waals surface area contributed by atoms with Crippen LogP contribution in [0.2, 0.25) is 0 Å². The van der Waals surface area contributed by atoms with Crippen LogP contribution in [-0.4, -0.2) is 30.1 Å². The Morgan fingerprint density at radius 1 is 1.40 bits per heavy atom. The molecule has 1 aliphatic carbocycles. The van der Waals surface area contributed by atoms with Crippen LogP contribution in [0.1, 0.15) is 36.5 Å². The lowest BCUT2D eigenvalue weighted by atomic mass is 9.70. The molecule has 20 heavy (non-hydrogen) atoms. The Bertz CT molecular complexity index is 508. The van der Waals surface area contributed by atoms with Crippen LogP contribution in [0.15, 0.2) is 24.3 Å². The number of rotatable bonds is 6. The molecule has 0 aromatic heterocycles. The van der Waals surface area contributed by atoms with Crippen molar-refractivity contribution in [3.63, 3.8) is 0 Å². The number of carbonyl (C=O) groups excluding carboxylic acids is 1. The molecule has 2 N–H and O–H groups in total. The first-order valence-corrected chi connectivity index (χ1v) is 6.71.